The molecule has 0 aliphatic heterocycles. The SMILES string of the molecule is NCCOCCOCCNC(=O)c1ccc(Cn2c(-c3ccccc3)nc(-c3ccc(F)cc3)c2-c2ccc(F)cc2)cc1. The molecule has 0 aliphatic rings. The van der Waals surface area contributed by atoms with Crippen LogP contribution in [0.5, 0.6) is 0 Å². The van der Waals surface area contributed by atoms with E-state index in [0.717, 1.165) is 27.9 Å². The molecule has 44 heavy (non-hydrogen) atoms. The van der Waals surface area contributed by atoms with Crippen molar-refractivity contribution in [1.82, 2.24) is 14.9 Å². The van der Waals surface area contributed by atoms with Gasteiger partial charge in [-0.1, -0.05) is 42.5 Å². The van der Waals surface area contributed by atoms with Gasteiger partial charge in [0.2, 0.25) is 0 Å². The van der Waals surface area contributed by atoms with Crippen molar-refractivity contribution in [3.8, 4) is 33.9 Å². The summed E-state index contributed by atoms with van der Waals surface area (Å²) in [7, 11) is 0. The fourth-order valence-corrected chi connectivity index (χ4v) is 4.81. The summed E-state index contributed by atoms with van der Waals surface area (Å²) in [5.74, 6) is -0.176. The van der Waals surface area contributed by atoms with Gasteiger partial charge in [0, 0.05) is 41.9 Å². The summed E-state index contributed by atoms with van der Waals surface area (Å²) in [6, 6.07) is 29.6. The first-order valence-corrected chi connectivity index (χ1v) is 14.4. The zero-order valence-electron chi connectivity index (χ0n) is 24.2. The Morgan fingerprint density at radius 3 is 1.98 bits per heavy atom. The first-order valence-electron chi connectivity index (χ1n) is 14.4. The Hall–Kier alpha value is -4.70. The molecular weight excluding hydrogens is 562 g/mol. The molecule has 5 aromatic rings. The third-order valence-electron chi connectivity index (χ3n) is 6.96. The highest BCUT2D eigenvalue weighted by molar-refractivity contribution is 5.94. The zero-order chi connectivity index (χ0) is 30.7. The highest BCUT2D eigenvalue weighted by Crippen LogP contribution is 2.37. The lowest BCUT2D eigenvalue weighted by atomic mass is 10.0. The number of hydrogen-bond donors (Lipinski definition) is 2. The number of rotatable bonds is 14. The molecule has 1 aromatic heterocycles. The van der Waals surface area contributed by atoms with Crippen molar-refractivity contribution < 1.29 is 23.0 Å². The molecule has 7 nitrogen and oxygen atoms in total. The van der Waals surface area contributed by atoms with Crippen LogP contribution in [-0.2, 0) is 16.0 Å². The van der Waals surface area contributed by atoms with E-state index in [4.69, 9.17) is 20.2 Å². The standard InChI is InChI=1S/C35H34F2N4O3/c36-30-14-10-26(11-15-30)32-33(27-12-16-31(37)17-13-27)41(34(40-32)28-4-2-1-3-5-28)24-25-6-8-29(9-7-25)35(42)39-19-21-44-23-22-43-20-18-38/h1-17H,18-24,38H2,(H,39,42). The van der Waals surface area contributed by atoms with Gasteiger partial charge in [-0.25, -0.2) is 13.8 Å². The maximum Gasteiger partial charge on any atom is 0.251 e. The number of hydrogen-bond acceptors (Lipinski definition) is 5. The van der Waals surface area contributed by atoms with Crippen molar-refractivity contribution in [3.05, 3.63) is 126 Å². The van der Waals surface area contributed by atoms with Gasteiger partial charge in [0.1, 0.15) is 17.5 Å². The van der Waals surface area contributed by atoms with Gasteiger partial charge in [0.05, 0.1) is 37.8 Å². The number of carbonyl (C=O) groups is 1. The van der Waals surface area contributed by atoms with Crippen molar-refractivity contribution in [2.45, 2.75) is 6.54 Å². The van der Waals surface area contributed by atoms with E-state index in [1.54, 1.807) is 36.4 Å². The molecule has 0 saturated carbocycles. The number of benzene rings is 4. The molecule has 1 amide bonds. The Bertz CT molecular complexity index is 1640. The number of nitrogens with zero attached hydrogens (tertiary/aromatic N) is 2. The van der Waals surface area contributed by atoms with E-state index >= 15 is 0 Å². The topological polar surface area (TPSA) is 91.4 Å². The summed E-state index contributed by atoms with van der Waals surface area (Å²) in [4.78, 5) is 17.7. The van der Waals surface area contributed by atoms with Gasteiger partial charge in [-0.15, -0.1) is 0 Å². The molecule has 1 heterocycles. The zero-order valence-corrected chi connectivity index (χ0v) is 24.2. The minimum absolute atomic E-state index is 0.197. The Morgan fingerprint density at radius 2 is 1.34 bits per heavy atom. The average molecular weight is 597 g/mol. The van der Waals surface area contributed by atoms with Gasteiger partial charge in [0.15, 0.2) is 0 Å². The van der Waals surface area contributed by atoms with E-state index in [-0.39, 0.29) is 17.5 Å². The number of aromatic nitrogens is 2. The second-order valence-electron chi connectivity index (χ2n) is 10.1. The van der Waals surface area contributed by atoms with E-state index in [9.17, 15) is 13.6 Å². The van der Waals surface area contributed by atoms with E-state index in [0.29, 0.717) is 63.1 Å². The molecular formula is C35H34F2N4O3. The molecule has 0 radical (unpaired) electrons. The van der Waals surface area contributed by atoms with Crippen LogP contribution in [0.1, 0.15) is 15.9 Å². The second-order valence-corrected chi connectivity index (χ2v) is 10.1. The molecule has 0 atom stereocenters. The quantitative estimate of drug-likeness (QED) is 0.155. The lowest BCUT2D eigenvalue weighted by molar-refractivity contribution is 0.0511. The number of imidazole rings is 1. The lowest BCUT2D eigenvalue weighted by Crippen LogP contribution is -2.27. The summed E-state index contributed by atoms with van der Waals surface area (Å²) < 4.78 is 40.6. The van der Waals surface area contributed by atoms with Crippen molar-refractivity contribution in [2.75, 3.05) is 39.5 Å². The van der Waals surface area contributed by atoms with Crippen LogP contribution in [0.3, 0.4) is 0 Å². The molecule has 0 fully saturated rings. The van der Waals surface area contributed by atoms with Crippen molar-refractivity contribution in [3.63, 3.8) is 0 Å². The molecule has 0 aliphatic carbocycles. The number of nitrogens with two attached hydrogens (primary N) is 1. The molecule has 4 aromatic carbocycles. The maximum atomic E-state index is 14.0. The van der Waals surface area contributed by atoms with Gasteiger partial charge in [-0.05, 0) is 66.2 Å². The molecule has 0 unspecified atom stereocenters. The largest absolute Gasteiger partial charge is 0.378 e. The van der Waals surface area contributed by atoms with Gasteiger partial charge in [-0.3, -0.25) is 4.79 Å². The molecule has 3 N–H and O–H groups in total. The van der Waals surface area contributed by atoms with Crippen LogP contribution < -0.4 is 11.1 Å². The molecule has 0 saturated heterocycles. The van der Waals surface area contributed by atoms with Gasteiger partial charge in [-0.2, -0.15) is 0 Å². The summed E-state index contributed by atoms with van der Waals surface area (Å²) in [5.41, 5.74) is 10.7. The number of ether oxygens (including phenoxy) is 2. The molecule has 5 rings (SSSR count). The highest BCUT2D eigenvalue weighted by Gasteiger charge is 2.22. The third-order valence-corrected chi connectivity index (χ3v) is 6.96. The first kappa shape index (κ1) is 30.7. The van der Waals surface area contributed by atoms with Crippen molar-refractivity contribution >= 4 is 5.91 Å². The van der Waals surface area contributed by atoms with Crippen LogP contribution in [0, 0.1) is 11.6 Å². The van der Waals surface area contributed by atoms with E-state index in [1.165, 1.54) is 24.3 Å². The maximum absolute atomic E-state index is 14.0. The molecule has 0 spiro atoms. The second kappa shape index (κ2) is 15.2. The Kier molecular flexibility index (Phi) is 10.6. The van der Waals surface area contributed by atoms with Crippen LogP contribution >= 0.6 is 0 Å². The molecule has 226 valence electrons. The Balaban J connectivity index is 1.41. The smallest absolute Gasteiger partial charge is 0.251 e. The number of amides is 1. The van der Waals surface area contributed by atoms with E-state index in [1.807, 2.05) is 42.5 Å². The molecule has 9 heteroatoms. The predicted octanol–water partition coefficient (Wildman–Crippen LogP) is 5.93. The Labute approximate surface area is 255 Å². The third kappa shape index (κ3) is 7.82. The fourth-order valence-electron chi connectivity index (χ4n) is 4.81. The van der Waals surface area contributed by atoms with Crippen molar-refractivity contribution in [1.29, 1.82) is 0 Å². The first-order chi connectivity index (χ1) is 21.5. The van der Waals surface area contributed by atoms with Gasteiger partial charge >= 0.3 is 0 Å². The minimum atomic E-state index is -0.344. The fraction of sp³-hybridized carbons (Fsp3) is 0.200. The Morgan fingerprint density at radius 1 is 0.727 bits per heavy atom. The van der Waals surface area contributed by atoms with Crippen LogP contribution in [0.15, 0.2) is 103 Å². The number of nitrogens with one attached hydrogen (secondary N) is 1. The number of carbonyl (C=O) groups excluding carboxylic acids is 1. The van der Waals surface area contributed by atoms with Crippen LogP contribution in [0.25, 0.3) is 33.9 Å². The summed E-state index contributed by atoms with van der Waals surface area (Å²) >= 11 is 0. The normalized spacial score (nSPS) is 11.1. The predicted molar refractivity (Wildman–Crippen MR) is 167 cm³/mol. The van der Waals surface area contributed by atoms with Crippen LogP contribution in [0.4, 0.5) is 8.78 Å². The summed E-state index contributed by atoms with van der Waals surface area (Å²) in [5, 5.41) is 2.86. The van der Waals surface area contributed by atoms with E-state index in [2.05, 4.69) is 9.88 Å². The monoisotopic (exact) mass is 596 g/mol. The lowest BCUT2D eigenvalue weighted by Gasteiger charge is -2.14. The van der Waals surface area contributed by atoms with Gasteiger partial charge in [0.25, 0.3) is 5.91 Å². The highest BCUT2D eigenvalue weighted by atomic mass is 19.1. The van der Waals surface area contributed by atoms with Crippen LogP contribution in [0.2, 0.25) is 0 Å². The van der Waals surface area contributed by atoms with Gasteiger partial charge < -0.3 is 25.1 Å². The van der Waals surface area contributed by atoms with Crippen LogP contribution in [-0.4, -0.2) is 55.0 Å². The average Bonchev–Trinajstić information content (AvgIpc) is 3.42. The summed E-state index contributed by atoms with van der Waals surface area (Å²) in [6.45, 7) is 3.04. The van der Waals surface area contributed by atoms with E-state index < -0.39 is 0 Å². The number of halogens is 2. The summed E-state index contributed by atoms with van der Waals surface area (Å²) in [6.07, 6.45) is 0. The van der Waals surface area contributed by atoms with Crippen molar-refractivity contribution in [2.24, 2.45) is 5.73 Å². The minimum Gasteiger partial charge on any atom is -0.378 e. The molecule has 0 bridgehead atoms.